The smallest absolute Gasteiger partial charge is 0.232 e. The molecule has 1 aliphatic rings. The van der Waals surface area contributed by atoms with Gasteiger partial charge in [0.05, 0.1) is 11.8 Å². The maximum atomic E-state index is 12.2. The summed E-state index contributed by atoms with van der Waals surface area (Å²) in [5.74, 6) is 1.87. The second-order valence-electron chi connectivity index (χ2n) is 5.74. The van der Waals surface area contributed by atoms with Crippen molar-refractivity contribution in [3.05, 3.63) is 65.7 Å². The van der Waals surface area contributed by atoms with Gasteiger partial charge in [0.2, 0.25) is 5.91 Å². The van der Waals surface area contributed by atoms with Gasteiger partial charge in [-0.2, -0.15) is 0 Å². The Hall–Kier alpha value is -1.94. The molecule has 0 spiro atoms. The molecule has 0 saturated heterocycles. The lowest BCUT2D eigenvalue weighted by Gasteiger charge is -2.15. The van der Waals surface area contributed by atoms with Gasteiger partial charge >= 0.3 is 0 Å². The number of carbonyl (C=O) groups excluding carboxylic acids is 1. The van der Waals surface area contributed by atoms with E-state index in [1.54, 1.807) is 11.8 Å². The number of nitrogens with one attached hydrogen (secondary N) is 1. The summed E-state index contributed by atoms with van der Waals surface area (Å²) in [6.45, 7) is 2.51. The highest BCUT2D eigenvalue weighted by Crippen LogP contribution is 2.27. The zero-order valence-corrected chi connectivity index (χ0v) is 14.0. The molecule has 2 atom stereocenters. The van der Waals surface area contributed by atoms with Crippen molar-refractivity contribution in [2.24, 2.45) is 0 Å². The van der Waals surface area contributed by atoms with E-state index in [9.17, 15) is 4.79 Å². The van der Waals surface area contributed by atoms with Gasteiger partial charge in [-0.1, -0.05) is 48.5 Å². The Labute approximate surface area is 141 Å². The minimum absolute atomic E-state index is 0.0441. The summed E-state index contributed by atoms with van der Waals surface area (Å²) in [6, 6.07) is 18.3. The molecule has 2 unspecified atom stereocenters. The molecule has 1 N–H and O–H groups in total. The number of para-hydroxylation sites is 1. The van der Waals surface area contributed by atoms with Crippen LogP contribution >= 0.6 is 11.8 Å². The van der Waals surface area contributed by atoms with Crippen LogP contribution in [0.25, 0.3) is 0 Å². The van der Waals surface area contributed by atoms with E-state index in [2.05, 4.69) is 23.5 Å². The highest BCUT2D eigenvalue weighted by molar-refractivity contribution is 7.99. The van der Waals surface area contributed by atoms with Crippen LogP contribution in [0.1, 0.15) is 18.1 Å². The summed E-state index contributed by atoms with van der Waals surface area (Å²) in [6.07, 6.45) is 0.907. The van der Waals surface area contributed by atoms with Gasteiger partial charge in [0.15, 0.2) is 0 Å². The van der Waals surface area contributed by atoms with Crippen LogP contribution in [0.15, 0.2) is 54.6 Å². The van der Waals surface area contributed by atoms with Crippen molar-refractivity contribution < 1.29 is 9.53 Å². The van der Waals surface area contributed by atoms with Crippen LogP contribution in [0.5, 0.6) is 5.75 Å². The van der Waals surface area contributed by atoms with Gasteiger partial charge < -0.3 is 10.1 Å². The molecule has 0 saturated carbocycles. The maximum Gasteiger partial charge on any atom is 0.232 e. The number of thioether (sulfide) groups is 1. The topological polar surface area (TPSA) is 38.3 Å². The summed E-state index contributed by atoms with van der Waals surface area (Å²) in [5.41, 5.74) is 2.46. The van der Waals surface area contributed by atoms with E-state index in [1.807, 2.05) is 43.3 Å². The second-order valence-corrected chi connectivity index (χ2v) is 7.06. The number of hydrogen-bond donors (Lipinski definition) is 1. The Morgan fingerprint density at radius 1 is 1.22 bits per heavy atom. The number of hydrogen-bond acceptors (Lipinski definition) is 3. The summed E-state index contributed by atoms with van der Waals surface area (Å²) in [4.78, 5) is 12.2. The third-order valence-electron chi connectivity index (χ3n) is 3.93. The molecule has 2 aromatic carbocycles. The van der Waals surface area contributed by atoms with Crippen LogP contribution < -0.4 is 10.1 Å². The molecule has 3 nitrogen and oxygen atoms in total. The quantitative estimate of drug-likeness (QED) is 0.883. The normalized spacial score (nSPS) is 17.2. The fourth-order valence-corrected chi connectivity index (χ4v) is 3.47. The van der Waals surface area contributed by atoms with Crippen molar-refractivity contribution in [1.82, 2.24) is 5.32 Å². The molecule has 23 heavy (non-hydrogen) atoms. The maximum absolute atomic E-state index is 12.2. The van der Waals surface area contributed by atoms with Crippen molar-refractivity contribution in [3.8, 4) is 5.75 Å². The van der Waals surface area contributed by atoms with E-state index < -0.39 is 0 Å². The molecular weight excluding hydrogens is 306 g/mol. The highest BCUT2D eigenvalue weighted by atomic mass is 32.2. The van der Waals surface area contributed by atoms with Crippen LogP contribution in [0.2, 0.25) is 0 Å². The first kappa shape index (κ1) is 15.9. The van der Waals surface area contributed by atoms with E-state index in [-0.39, 0.29) is 17.3 Å². The number of ether oxygens (including phenoxy) is 1. The third-order valence-corrected chi connectivity index (χ3v) is 5.14. The zero-order chi connectivity index (χ0) is 16.1. The average molecular weight is 327 g/mol. The molecule has 2 aromatic rings. The monoisotopic (exact) mass is 327 g/mol. The molecule has 3 rings (SSSR count). The van der Waals surface area contributed by atoms with Gasteiger partial charge in [-0.25, -0.2) is 0 Å². The molecule has 0 bridgehead atoms. The minimum atomic E-state index is -0.0704. The summed E-state index contributed by atoms with van der Waals surface area (Å²) in [5, 5.41) is 2.94. The number of amides is 1. The van der Waals surface area contributed by atoms with E-state index in [1.165, 1.54) is 11.1 Å². The first-order valence-corrected chi connectivity index (χ1v) is 8.95. The lowest BCUT2D eigenvalue weighted by molar-refractivity contribution is -0.120. The lowest BCUT2D eigenvalue weighted by Crippen LogP contribution is -2.38. The molecular formula is C19H21NO2S. The van der Waals surface area contributed by atoms with Crippen molar-refractivity contribution in [2.45, 2.75) is 30.5 Å². The second kappa shape index (κ2) is 7.55. The first-order valence-electron chi connectivity index (χ1n) is 7.90. The Kier molecular flexibility index (Phi) is 5.23. The molecule has 120 valence electrons. The van der Waals surface area contributed by atoms with E-state index >= 15 is 0 Å². The van der Waals surface area contributed by atoms with Crippen molar-refractivity contribution >= 4 is 17.7 Å². The zero-order valence-electron chi connectivity index (χ0n) is 13.2. The SMILES string of the molecule is CC(SCc1ccccc1)C(=O)NCC1Cc2ccccc2O1. The van der Waals surface area contributed by atoms with Crippen molar-refractivity contribution in [2.75, 3.05) is 6.54 Å². The van der Waals surface area contributed by atoms with E-state index in [0.29, 0.717) is 6.54 Å². The average Bonchev–Trinajstić information content (AvgIpc) is 3.01. The highest BCUT2D eigenvalue weighted by Gasteiger charge is 2.23. The predicted octanol–water partition coefficient (Wildman–Crippen LogP) is 3.43. The Balaban J connectivity index is 1.41. The Bertz CT molecular complexity index is 634. The molecule has 0 radical (unpaired) electrons. The van der Waals surface area contributed by atoms with Crippen LogP contribution in [0.3, 0.4) is 0 Å². The van der Waals surface area contributed by atoms with Crippen LogP contribution in [0.4, 0.5) is 0 Å². The summed E-state index contributed by atoms with van der Waals surface area (Å²) < 4.78 is 5.84. The third kappa shape index (κ3) is 4.29. The van der Waals surface area contributed by atoms with Crippen LogP contribution in [-0.4, -0.2) is 23.8 Å². The molecule has 1 heterocycles. The van der Waals surface area contributed by atoms with Gasteiger partial charge in [0.25, 0.3) is 0 Å². The molecule has 0 aliphatic carbocycles. The molecule has 4 heteroatoms. The van der Waals surface area contributed by atoms with Crippen LogP contribution in [0, 0.1) is 0 Å². The molecule has 1 amide bonds. The summed E-state index contributed by atoms with van der Waals surface area (Å²) in [7, 11) is 0. The van der Waals surface area contributed by atoms with E-state index in [4.69, 9.17) is 4.74 Å². The minimum Gasteiger partial charge on any atom is -0.488 e. The van der Waals surface area contributed by atoms with Gasteiger partial charge in [0.1, 0.15) is 11.9 Å². The fraction of sp³-hybridized carbons (Fsp3) is 0.316. The number of benzene rings is 2. The molecule has 1 aliphatic heterocycles. The predicted molar refractivity (Wildman–Crippen MR) is 94.8 cm³/mol. The largest absolute Gasteiger partial charge is 0.488 e. The van der Waals surface area contributed by atoms with Gasteiger partial charge in [-0.3, -0.25) is 4.79 Å². The number of fused-ring (bicyclic) bond motifs is 1. The van der Waals surface area contributed by atoms with Gasteiger partial charge in [-0.05, 0) is 24.1 Å². The van der Waals surface area contributed by atoms with Gasteiger partial charge in [-0.15, -0.1) is 11.8 Å². The lowest BCUT2D eigenvalue weighted by atomic mass is 10.1. The van der Waals surface area contributed by atoms with Crippen molar-refractivity contribution in [3.63, 3.8) is 0 Å². The Morgan fingerprint density at radius 2 is 1.96 bits per heavy atom. The number of carbonyl (C=O) groups is 1. The van der Waals surface area contributed by atoms with Crippen molar-refractivity contribution in [1.29, 1.82) is 0 Å². The van der Waals surface area contributed by atoms with Gasteiger partial charge in [0, 0.05) is 12.2 Å². The molecule has 0 aromatic heterocycles. The Morgan fingerprint density at radius 3 is 2.74 bits per heavy atom. The molecule has 0 fully saturated rings. The van der Waals surface area contributed by atoms with Crippen LogP contribution in [-0.2, 0) is 17.0 Å². The van der Waals surface area contributed by atoms with E-state index in [0.717, 1.165) is 17.9 Å². The summed E-state index contributed by atoms with van der Waals surface area (Å²) >= 11 is 1.65. The first-order chi connectivity index (χ1) is 11.2. The standard InChI is InChI=1S/C19H21NO2S/c1-14(23-13-15-7-3-2-4-8-15)19(21)20-12-17-11-16-9-5-6-10-18(16)22-17/h2-10,14,17H,11-13H2,1H3,(H,20,21). The fourth-order valence-electron chi connectivity index (χ4n) is 2.60. The number of rotatable bonds is 6.